The highest BCUT2D eigenvalue weighted by Crippen LogP contribution is 2.35. The third kappa shape index (κ3) is 6.69. The molecule has 6 rings (SSSR count). The summed E-state index contributed by atoms with van der Waals surface area (Å²) in [6, 6.07) is 2.09. The molecule has 5 heterocycles. The van der Waals surface area contributed by atoms with E-state index in [1.54, 1.807) is 23.3 Å². The van der Waals surface area contributed by atoms with Crippen molar-refractivity contribution >= 4 is 29.1 Å². The number of nitrogens with zero attached hydrogens (tertiary/aromatic N) is 8. The number of nitrogens with one attached hydrogen (secondary N) is 1. The van der Waals surface area contributed by atoms with Crippen LogP contribution in [0.4, 0.5) is 24.8 Å². The van der Waals surface area contributed by atoms with Gasteiger partial charge in [-0.05, 0) is 45.7 Å². The number of benzene rings is 1. The molecule has 3 aromatic heterocycles. The number of likely N-dealkylation sites (tertiary alicyclic amines) is 1. The number of β-amino-alcohol motifs (C(OH)–C–C–N with tert-alkyl or cyclic N) is 1. The Kier molecular flexibility index (Phi) is 8.95. The fourth-order valence-electron chi connectivity index (χ4n) is 5.93. The maximum atomic E-state index is 14.8. The molecule has 15 heteroatoms. The number of carbonyl (C=O) groups is 1. The Morgan fingerprint density at radius 2 is 1.96 bits per heavy atom. The van der Waals surface area contributed by atoms with E-state index < -0.39 is 34.9 Å². The number of aromatic nitrogens is 6. The minimum absolute atomic E-state index is 0.211. The van der Waals surface area contributed by atoms with E-state index in [0.717, 1.165) is 69.0 Å². The van der Waals surface area contributed by atoms with Gasteiger partial charge in [-0.25, -0.2) is 28.1 Å². The van der Waals surface area contributed by atoms with Gasteiger partial charge in [-0.2, -0.15) is 5.10 Å². The molecule has 2 fully saturated rings. The minimum atomic E-state index is -2.99. The Morgan fingerprint density at radius 3 is 2.65 bits per heavy atom. The van der Waals surface area contributed by atoms with Crippen LogP contribution in [0.3, 0.4) is 0 Å². The van der Waals surface area contributed by atoms with E-state index >= 15 is 0 Å². The summed E-state index contributed by atoms with van der Waals surface area (Å²) in [5.41, 5.74) is -1.07. The van der Waals surface area contributed by atoms with Gasteiger partial charge in [0.1, 0.15) is 5.69 Å². The predicted molar refractivity (Wildman–Crippen MR) is 165 cm³/mol. The summed E-state index contributed by atoms with van der Waals surface area (Å²) in [5, 5.41) is 17.1. The van der Waals surface area contributed by atoms with E-state index in [2.05, 4.69) is 40.2 Å². The quantitative estimate of drug-likeness (QED) is 0.252. The minimum Gasteiger partial charge on any atom is -0.389 e. The van der Waals surface area contributed by atoms with Crippen LogP contribution in [0, 0.1) is 5.82 Å². The highest BCUT2D eigenvalue weighted by atomic mass is 35.5. The van der Waals surface area contributed by atoms with E-state index in [-0.39, 0.29) is 22.5 Å². The van der Waals surface area contributed by atoms with Gasteiger partial charge >= 0.3 is 0 Å². The van der Waals surface area contributed by atoms with Crippen LogP contribution in [-0.2, 0) is 0 Å². The van der Waals surface area contributed by atoms with Crippen LogP contribution in [0.5, 0.6) is 0 Å². The van der Waals surface area contributed by atoms with Crippen molar-refractivity contribution in [1.82, 2.24) is 34.6 Å². The first-order valence-corrected chi connectivity index (χ1v) is 15.3. The molecule has 1 aromatic carbocycles. The normalized spacial score (nSPS) is 20.9. The summed E-state index contributed by atoms with van der Waals surface area (Å²) >= 11 is 5.82. The number of carbonyl (C=O) groups excluding carboxylic acids is 1. The molecular weight excluding hydrogens is 623 g/mol. The number of hydrogen-bond donors (Lipinski definition) is 2. The van der Waals surface area contributed by atoms with Crippen LogP contribution in [-0.4, -0.2) is 83.5 Å². The largest absolute Gasteiger partial charge is 0.389 e. The third-order valence-electron chi connectivity index (χ3n) is 8.51. The number of halogens is 4. The summed E-state index contributed by atoms with van der Waals surface area (Å²) in [6.45, 7) is 7.21. The molecule has 2 N–H and O–H groups in total. The van der Waals surface area contributed by atoms with Gasteiger partial charge in [0.25, 0.3) is 12.3 Å². The third-order valence-corrected chi connectivity index (χ3v) is 8.80. The fourth-order valence-corrected chi connectivity index (χ4v) is 6.09. The molecule has 2 saturated heterocycles. The molecule has 0 aliphatic carbocycles. The number of rotatable bonds is 9. The van der Waals surface area contributed by atoms with Gasteiger partial charge in [-0.3, -0.25) is 19.4 Å². The van der Waals surface area contributed by atoms with Crippen molar-refractivity contribution in [3.05, 3.63) is 77.0 Å². The molecule has 1 amide bonds. The molecule has 2 aliphatic heterocycles. The molecule has 46 heavy (non-hydrogen) atoms. The number of aliphatic hydroxyl groups is 1. The topological polar surface area (TPSA) is 125 Å². The maximum absolute atomic E-state index is 14.8. The average Bonchev–Trinajstić information content (AvgIpc) is 3.48. The van der Waals surface area contributed by atoms with Gasteiger partial charge in [0.15, 0.2) is 5.82 Å². The lowest BCUT2D eigenvalue weighted by molar-refractivity contribution is -0.0186. The molecular formula is C31H33ClF3N9O2. The summed E-state index contributed by atoms with van der Waals surface area (Å²) in [5.74, 6) is -1.10. The van der Waals surface area contributed by atoms with Gasteiger partial charge in [-0.1, -0.05) is 17.7 Å². The lowest BCUT2D eigenvalue weighted by Crippen LogP contribution is -2.57. The number of amides is 1. The first-order valence-electron chi connectivity index (χ1n) is 15.0. The van der Waals surface area contributed by atoms with Crippen molar-refractivity contribution < 1.29 is 23.1 Å². The van der Waals surface area contributed by atoms with Gasteiger partial charge in [0.05, 0.1) is 46.6 Å². The highest BCUT2D eigenvalue weighted by molar-refractivity contribution is 6.31. The zero-order valence-electron chi connectivity index (χ0n) is 25.2. The Balaban J connectivity index is 1.10. The zero-order valence-corrected chi connectivity index (χ0v) is 26.0. The van der Waals surface area contributed by atoms with Crippen LogP contribution < -0.4 is 10.2 Å². The highest BCUT2D eigenvalue weighted by Gasteiger charge is 2.35. The Labute approximate surface area is 268 Å². The molecule has 4 aromatic rings. The van der Waals surface area contributed by atoms with Gasteiger partial charge in [0.2, 0.25) is 5.95 Å². The first-order chi connectivity index (χ1) is 22.0. The predicted octanol–water partition coefficient (Wildman–Crippen LogP) is 5.15. The summed E-state index contributed by atoms with van der Waals surface area (Å²) in [4.78, 5) is 34.7. The number of alkyl halides is 2. The Bertz CT molecular complexity index is 1720. The molecule has 0 radical (unpaired) electrons. The number of piperidine rings is 1. The second kappa shape index (κ2) is 12.9. The fraction of sp³-hybridized carbons (Fsp3) is 0.419. The Morgan fingerprint density at radius 1 is 1.17 bits per heavy atom. The van der Waals surface area contributed by atoms with Crippen LogP contribution in [0.25, 0.3) is 11.3 Å². The summed E-state index contributed by atoms with van der Waals surface area (Å²) in [6.07, 6.45) is 8.70. The SMILES string of the molecule is CC(c1cnc(N2CC[C@H]2CN2CCCC(C)(O)C2)nc1)n1cc(NC(=O)c2cncc(-c3c(C(F)F)ccc(Cl)c3F)n2)cn1. The van der Waals surface area contributed by atoms with Crippen molar-refractivity contribution in [2.75, 3.05) is 36.4 Å². The molecule has 0 bridgehead atoms. The van der Waals surface area contributed by atoms with Crippen molar-refractivity contribution in [3.63, 3.8) is 0 Å². The van der Waals surface area contributed by atoms with Crippen molar-refractivity contribution in [1.29, 1.82) is 0 Å². The maximum Gasteiger partial charge on any atom is 0.275 e. The van der Waals surface area contributed by atoms with Gasteiger partial charge in [-0.15, -0.1) is 0 Å². The van der Waals surface area contributed by atoms with Crippen LogP contribution >= 0.6 is 11.6 Å². The van der Waals surface area contributed by atoms with E-state index in [4.69, 9.17) is 11.6 Å². The molecule has 0 spiro atoms. The standard InChI is InChI=1S/C31H33ClF3N9O2/c1-18(19-10-37-30(38-11-19)43-9-6-21(43)16-42-8-3-7-31(2,46)17-42)44-15-20(12-39-44)40-29(45)25-14-36-13-24(41-25)26-22(28(34)35)4-5-23(32)27(26)33/h4-5,10-15,18,21,28,46H,3,6-9,16-17H2,1-2H3,(H,40,45)/t18?,21-,31?/m0/s1. The summed E-state index contributed by atoms with van der Waals surface area (Å²) in [7, 11) is 0. The number of hydrogen-bond acceptors (Lipinski definition) is 9. The lowest BCUT2D eigenvalue weighted by atomic mass is 9.93. The van der Waals surface area contributed by atoms with E-state index in [0.29, 0.717) is 24.2 Å². The molecule has 0 saturated carbocycles. The second-order valence-electron chi connectivity index (χ2n) is 12.0. The molecule has 3 atom stereocenters. The van der Waals surface area contributed by atoms with Crippen LogP contribution in [0.1, 0.15) is 67.2 Å². The Hall–Kier alpha value is -4.14. The average molecular weight is 656 g/mol. The molecule has 11 nitrogen and oxygen atoms in total. The van der Waals surface area contributed by atoms with Crippen molar-refractivity contribution in [3.8, 4) is 11.3 Å². The van der Waals surface area contributed by atoms with Gasteiger partial charge in [0, 0.05) is 61.0 Å². The summed E-state index contributed by atoms with van der Waals surface area (Å²) < 4.78 is 43.6. The monoisotopic (exact) mass is 655 g/mol. The number of anilines is 2. The smallest absolute Gasteiger partial charge is 0.275 e. The van der Waals surface area contributed by atoms with Gasteiger partial charge < -0.3 is 15.3 Å². The van der Waals surface area contributed by atoms with Crippen LogP contribution in [0.15, 0.2) is 49.3 Å². The lowest BCUT2D eigenvalue weighted by Gasteiger charge is -2.46. The zero-order chi connectivity index (χ0) is 32.6. The molecule has 2 aliphatic rings. The van der Waals surface area contributed by atoms with Crippen LogP contribution in [0.2, 0.25) is 5.02 Å². The van der Waals surface area contributed by atoms with E-state index in [9.17, 15) is 23.1 Å². The molecule has 2 unspecified atom stereocenters. The van der Waals surface area contributed by atoms with Crippen molar-refractivity contribution in [2.24, 2.45) is 0 Å². The first kappa shape index (κ1) is 31.8. The van der Waals surface area contributed by atoms with E-state index in [1.807, 2.05) is 13.8 Å². The second-order valence-corrected chi connectivity index (χ2v) is 12.5. The van der Waals surface area contributed by atoms with E-state index in [1.165, 1.54) is 6.20 Å². The molecule has 242 valence electrons. The van der Waals surface area contributed by atoms with Crippen molar-refractivity contribution in [2.45, 2.75) is 57.2 Å².